The summed E-state index contributed by atoms with van der Waals surface area (Å²) in [5.74, 6) is 0.0432. The summed E-state index contributed by atoms with van der Waals surface area (Å²) < 4.78 is 1.47. The maximum Gasteiger partial charge on any atom is 0.262 e. The third kappa shape index (κ3) is 2.31. The van der Waals surface area contributed by atoms with Crippen LogP contribution < -0.4 is 5.56 Å². The number of aromatic nitrogens is 2. The molecule has 1 aliphatic carbocycles. The van der Waals surface area contributed by atoms with Gasteiger partial charge in [-0.2, -0.15) is 0 Å². The van der Waals surface area contributed by atoms with Crippen molar-refractivity contribution in [3.8, 4) is 0 Å². The Hall–Kier alpha value is -1.69. The predicted molar refractivity (Wildman–Crippen MR) is 90.8 cm³/mol. The lowest BCUT2D eigenvalue weighted by atomic mass is 9.68. The van der Waals surface area contributed by atoms with Crippen LogP contribution >= 0.6 is 11.3 Å². The van der Waals surface area contributed by atoms with Gasteiger partial charge >= 0.3 is 0 Å². The van der Waals surface area contributed by atoms with Gasteiger partial charge in [0, 0.05) is 18.0 Å². The van der Waals surface area contributed by atoms with Crippen LogP contribution in [0.25, 0.3) is 10.2 Å². The first kappa shape index (κ1) is 14.9. The summed E-state index contributed by atoms with van der Waals surface area (Å²) in [5, 5.41) is 0.666. The van der Waals surface area contributed by atoms with Crippen molar-refractivity contribution in [3.05, 3.63) is 27.1 Å². The minimum atomic E-state index is -0.0947. The minimum Gasteiger partial charge on any atom is -0.341 e. The molecule has 1 spiro atoms. The van der Waals surface area contributed by atoms with Crippen LogP contribution in [-0.4, -0.2) is 33.4 Å². The maximum absolute atomic E-state index is 12.7. The van der Waals surface area contributed by atoms with Crippen LogP contribution in [0, 0.1) is 19.3 Å². The van der Waals surface area contributed by atoms with Gasteiger partial charge in [0.25, 0.3) is 5.56 Å². The van der Waals surface area contributed by atoms with Crippen molar-refractivity contribution in [1.82, 2.24) is 14.5 Å². The summed E-state index contributed by atoms with van der Waals surface area (Å²) in [4.78, 5) is 33.4. The van der Waals surface area contributed by atoms with E-state index in [1.54, 1.807) is 0 Å². The summed E-state index contributed by atoms with van der Waals surface area (Å²) in [7, 11) is 0. The summed E-state index contributed by atoms with van der Waals surface area (Å²) in [6.45, 7) is 5.75. The van der Waals surface area contributed by atoms with Crippen LogP contribution in [0.2, 0.25) is 0 Å². The molecule has 2 aromatic heterocycles. The Bertz CT molecular complexity index is 847. The molecular formula is C17H21N3O2S. The number of hydrogen-bond donors (Lipinski definition) is 0. The first-order valence-electron chi connectivity index (χ1n) is 8.22. The van der Waals surface area contributed by atoms with Gasteiger partial charge in [0.1, 0.15) is 11.4 Å². The van der Waals surface area contributed by atoms with Gasteiger partial charge in [-0.05, 0) is 44.1 Å². The van der Waals surface area contributed by atoms with E-state index in [0.29, 0.717) is 10.8 Å². The van der Waals surface area contributed by atoms with Crippen LogP contribution in [-0.2, 0) is 11.3 Å². The first-order chi connectivity index (χ1) is 11.0. The Morgan fingerprint density at radius 3 is 2.78 bits per heavy atom. The van der Waals surface area contributed by atoms with Crippen LogP contribution in [0.5, 0.6) is 0 Å². The zero-order valence-electron chi connectivity index (χ0n) is 13.6. The van der Waals surface area contributed by atoms with E-state index in [4.69, 9.17) is 0 Å². The topological polar surface area (TPSA) is 55.2 Å². The van der Waals surface area contributed by atoms with E-state index < -0.39 is 0 Å². The van der Waals surface area contributed by atoms with Crippen LogP contribution in [0.3, 0.4) is 0 Å². The molecule has 0 N–H and O–H groups in total. The third-order valence-corrected chi connectivity index (χ3v) is 6.78. The molecule has 1 saturated heterocycles. The monoisotopic (exact) mass is 331 g/mol. The van der Waals surface area contributed by atoms with Gasteiger partial charge in [-0.3, -0.25) is 14.2 Å². The van der Waals surface area contributed by atoms with E-state index in [1.165, 1.54) is 41.5 Å². The van der Waals surface area contributed by atoms with Crippen LogP contribution in [0.15, 0.2) is 11.1 Å². The Balaban J connectivity index is 1.58. The number of amides is 1. The lowest BCUT2D eigenvalue weighted by molar-refractivity contribution is -0.131. The van der Waals surface area contributed by atoms with Crippen molar-refractivity contribution < 1.29 is 4.79 Å². The molecule has 1 aliphatic heterocycles. The molecule has 4 rings (SSSR count). The minimum absolute atomic E-state index is 0.0432. The van der Waals surface area contributed by atoms with E-state index in [-0.39, 0.29) is 18.0 Å². The number of carbonyl (C=O) groups excluding carboxylic acids is 1. The summed E-state index contributed by atoms with van der Waals surface area (Å²) in [6, 6.07) is 0. The summed E-state index contributed by atoms with van der Waals surface area (Å²) in [6.07, 6.45) is 6.43. The molecule has 23 heavy (non-hydrogen) atoms. The van der Waals surface area contributed by atoms with Crippen LogP contribution in [0.1, 0.15) is 36.1 Å². The second kappa shape index (κ2) is 5.16. The van der Waals surface area contributed by atoms with Crippen molar-refractivity contribution in [2.24, 2.45) is 5.41 Å². The number of fused-ring (bicyclic) bond motifs is 1. The number of nitrogens with zero attached hydrogens (tertiary/aromatic N) is 3. The van der Waals surface area contributed by atoms with E-state index in [1.807, 2.05) is 18.7 Å². The molecule has 0 unspecified atom stereocenters. The Labute approximate surface area is 138 Å². The lowest BCUT2D eigenvalue weighted by Gasteiger charge is -2.37. The molecule has 2 aromatic rings. The van der Waals surface area contributed by atoms with E-state index in [9.17, 15) is 9.59 Å². The number of likely N-dealkylation sites (tertiary alicyclic amines) is 1. The highest BCUT2D eigenvalue weighted by molar-refractivity contribution is 7.18. The largest absolute Gasteiger partial charge is 0.341 e. The molecule has 0 atom stereocenters. The van der Waals surface area contributed by atoms with Gasteiger partial charge in [0.2, 0.25) is 5.91 Å². The molecule has 122 valence electrons. The normalized spacial score (nSPS) is 19.5. The molecule has 6 heteroatoms. The quantitative estimate of drug-likeness (QED) is 0.849. The molecule has 3 heterocycles. The Morgan fingerprint density at radius 2 is 2.13 bits per heavy atom. The molecule has 1 saturated carbocycles. The fourth-order valence-electron chi connectivity index (χ4n) is 3.86. The highest BCUT2D eigenvalue weighted by Gasteiger charge is 2.43. The van der Waals surface area contributed by atoms with Gasteiger partial charge in [-0.1, -0.05) is 6.42 Å². The van der Waals surface area contributed by atoms with Crippen molar-refractivity contribution >= 4 is 27.5 Å². The second-order valence-electron chi connectivity index (χ2n) is 7.06. The number of hydrogen-bond acceptors (Lipinski definition) is 4. The molecule has 0 radical (unpaired) electrons. The van der Waals surface area contributed by atoms with Crippen molar-refractivity contribution in [2.45, 2.75) is 46.1 Å². The van der Waals surface area contributed by atoms with Gasteiger partial charge < -0.3 is 4.90 Å². The maximum atomic E-state index is 12.7. The van der Waals surface area contributed by atoms with Gasteiger partial charge in [-0.15, -0.1) is 11.3 Å². The SMILES string of the molecule is Cc1sc2ncn(CC(=O)N3CCC4(CCC4)C3)c(=O)c2c1C. The highest BCUT2D eigenvalue weighted by atomic mass is 32.1. The average molecular weight is 331 g/mol. The van der Waals surface area contributed by atoms with Crippen molar-refractivity contribution in [1.29, 1.82) is 0 Å². The summed E-state index contributed by atoms with van der Waals surface area (Å²) in [5.41, 5.74) is 1.28. The number of thiophene rings is 1. The zero-order valence-corrected chi connectivity index (χ0v) is 14.4. The van der Waals surface area contributed by atoms with E-state index in [2.05, 4.69) is 4.98 Å². The molecule has 1 amide bonds. The number of carbonyl (C=O) groups is 1. The fourth-order valence-corrected chi connectivity index (χ4v) is 4.85. The van der Waals surface area contributed by atoms with Crippen molar-refractivity contribution in [2.75, 3.05) is 13.1 Å². The van der Waals surface area contributed by atoms with E-state index >= 15 is 0 Å². The summed E-state index contributed by atoms with van der Waals surface area (Å²) >= 11 is 1.54. The standard InChI is InChI=1S/C17H21N3O2S/c1-11-12(2)23-15-14(11)16(22)20(10-18-15)8-13(21)19-7-6-17(9-19)4-3-5-17/h10H,3-9H2,1-2H3. The molecule has 2 fully saturated rings. The molecule has 5 nitrogen and oxygen atoms in total. The van der Waals surface area contributed by atoms with E-state index in [0.717, 1.165) is 34.8 Å². The third-order valence-electron chi connectivity index (χ3n) is 5.67. The molecule has 2 aliphatic rings. The Morgan fingerprint density at radius 1 is 1.35 bits per heavy atom. The molecular weight excluding hydrogens is 310 g/mol. The molecule has 0 aromatic carbocycles. The molecule has 0 bridgehead atoms. The zero-order chi connectivity index (χ0) is 16.2. The Kier molecular flexibility index (Phi) is 3.34. The lowest BCUT2D eigenvalue weighted by Crippen LogP contribution is -2.38. The first-order valence-corrected chi connectivity index (χ1v) is 9.04. The van der Waals surface area contributed by atoms with Gasteiger partial charge in [0.15, 0.2) is 0 Å². The highest BCUT2D eigenvalue weighted by Crippen LogP contribution is 2.47. The van der Waals surface area contributed by atoms with Gasteiger partial charge in [-0.25, -0.2) is 4.98 Å². The smallest absolute Gasteiger partial charge is 0.262 e. The van der Waals surface area contributed by atoms with Crippen molar-refractivity contribution in [3.63, 3.8) is 0 Å². The van der Waals surface area contributed by atoms with Crippen LogP contribution in [0.4, 0.5) is 0 Å². The predicted octanol–water partition coefficient (Wildman–Crippen LogP) is 2.48. The number of rotatable bonds is 2. The average Bonchev–Trinajstić information content (AvgIpc) is 3.05. The second-order valence-corrected chi connectivity index (χ2v) is 8.26. The number of aryl methyl sites for hydroxylation is 2. The van der Waals surface area contributed by atoms with Gasteiger partial charge in [0.05, 0.1) is 11.7 Å². The fraction of sp³-hybridized carbons (Fsp3) is 0.588.